The SMILES string of the molecule is CCCn1nc(C)c([N+](=O)[O-])c1OC1CCNCC1. The molecule has 1 aromatic rings. The molecule has 0 spiro atoms. The highest BCUT2D eigenvalue weighted by Crippen LogP contribution is 2.32. The lowest BCUT2D eigenvalue weighted by atomic mass is 10.1. The van der Waals surface area contributed by atoms with Crippen molar-refractivity contribution in [1.82, 2.24) is 15.1 Å². The van der Waals surface area contributed by atoms with Crippen LogP contribution in [0.3, 0.4) is 0 Å². The normalized spacial score (nSPS) is 16.5. The summed E-state index contributed by atoms with van der Waals surface area (Å²) in [6.45, 7) is 6.07. The number of rotatable bonds is 5. The van der Waals surface area contributed by atoms with Gasteiger partial charge in [-0.3, -0.25) is 10.1 Å². The Hall–Kier alpha value is -1.63. The molecule has 7 heteroatoms. The summed E-state index contributed by atoms with van der Waals surface area (Å²) in [5.74, 6) is 0.316. The van der Waals surface area contributed by atoms with Gasteiger partial charge in [-0.2, -0.15) is 5.10 Å². The lowest BCUT2D eigenvalue weighted by molar-refractivity contribution is -0.386. The summed E-state index contributed by atoms with van der Waals surface area (Å²) in [7, 11) is 0. The van der Waals surface area contributed by atoms with Crippen molar-refractivity contribution >= 4 is 5.69 Å². The fourth-order valence-corrected chi connectivity index (χ4v) is 2.31. The zero-order chi connectivity index (χ0) is 13.8. The molecule has 0 atom stereocenters. The smallest absolute Gasteiger partial charge is 0.353 e. The van der Waals surface area contributed by atoms with Gasteiger partial charge in [-0.05, 0) is 39.3 Å². The number of hydrogen-bond donors (Lipinski definition) is 1. The average Bonchev–Trinajstić information content (AvgIpc) is 2.67. The van der Waals surface area contributed by atoms with Gasteiger partial charge in [0, 0.05) is 6.54 Å². The summed E-state index contributed by atoms with van der Waals surface area (Å²) in [6, 6.07) is 0. The van der Waals surface area contributed by atoms with Gasteiger partial charge in [0.2, 0.25) is 0 Å². The molecule has 1 N–H and O–H groups in total. The molecule has 0 unspecified atom stereocenters. The molecule has 0 bridgehead atoms. The molecule has 1 aliphatic heterocycles. The van der Waals surface area contributed by atoms with Crippen molar-refractivity contribution in [3.8, 4) is 5.88 Å². The Morgan fingerprint density at radius 3 is 2.79 bits per heavy atom. The second-order valence-corrected chi connectivity index (χ2v) is 4.79. The topological polar surface area (TPSA) is 82.2 Å². The number of ether oxygens (including phenoxy) is 1. The Morgan fingerprint density at radius 2 is 2.21 bits per heavy atom. The Bertz CT molecular complexity index is 452. The van der Waals surface area contributed by atoms with Crippen LogP contribution in [-0.4, -0.2) is 33.9 Å². The van der Waals surface area contributed by atoms with Crippen molar-refractivity contribution in [2.45, 2.75) is 45.8 Å². The molecular formula is C12H20N4O3. The first kappa shape index (κ1) is 13.8. The quantitative estimate of drug-likeness (QED) is 0.648. The predicted molar refractivity (Wildman–Crippen MR) is 70.4 cm³/mol. The molecule has 2 heterocycles. The number of piperidine rings is 1. The summed E-state index contributed by atoms with van der Waals surface area (Å²) in [6.07, 6.45) is 2.63. The molecule has 1 aromatic heterocycles. The summed E-state index contributed by atoms with van der Waals surface area (Å²) in [5.41, 5.74) is 0.425. The van der Waals surface area contributed by atoms with E-state index in [0.29, 0.717) is 18.1 Å². The Balaban J connectivity index is 2.26. The molecule has 0 aliphatic carbocycles. The minimum Gasteiger partial charge on any atom is -0.470 e. The van der Waals surface area contributed by atoms with Crippen LogP contribution in [0.1, 0.15) is 31.9 Å². The van der Waals surface area contributed by atoms with E-state index in [0.717, 1.165) is 32.4 Å². The molecule has 0 saturated carbocycles. The molecule has 106 valence electrons. The number of nitro groups is 1. The minimum absolute atomic E-state index is 0.00647. The lowest BCUT2D eigenvalue weighted by Crippen LogP contribution is -2.34. The lowest BCUT2D eigenvalue weighted by Gasteiger charge is -2.23. The summed E-state index contributed by atoms with van der Waals surface area (Å²) < 4.78 is 7.49. The molecule has 0 radical (unpaired) electrons. The highest BCUT2D eigenvalue weighted by molar-refractivity contribution is 5.45. The van der Waals surface area contributed by atoms with Crippen LogP contribution in [0, 0.1) is 17.0 Å². The zero-order valence-electron chi connectivity index (χ0n) is 11.4. The number of nitrogens with one attached hydrogen (secondary N) is 1. The Kier molecular flexibility index (Phi) is 4.36. The third kappa shape index (κ3) is 3.04. The monoisotopic (exact) mass is 268 g/mol. The maximum atomic E-state index is 11.2. The summed E-state index contributed by atoms with van der Waals surface area (Å²) in [4.78, 5) is 10.8. The average molecular weight is 268 g/mol. The largest absolute Gasteiger partial charge is 0.470 e. The number of nitrogens with zero attached hydrogens (tertiary/aromatic N) is 3. The van der Waals surface area contributed by atoms with Crippen molar-refractivity contribution in [3.05, 3.63) is 15.8 Å². The molecule has 1 saturated heterocycles. The first-order valence-electron chi connectivity index (χ1n) is 6.72. The van der Waals surface area contributed by atoms with Crippen LogP contribution in [0.2, 0.25) is 0 Å². The van der Waals surface area contributed by atoms with Crippen LogP contribution in [0.15, 0.2) is 0 Å². The van der Waals surface area contributed by atoms with Crippen LogP contribution in [0.4, 0.5) is 5.69 Å². The standard InChI is InChI=1S/C12H20N4O3/c1-3-8-15-12(11(16(17)18)9(2)14-15)19-10-4-6-13-7-5-10/h10,13H,3-8H2,1-2H3. The van der Waals surface area contributed by atoms with Crippen molar-refractivity contribution in [3.63, 3.8) is 0 Å². The fourth-order valence-electron chi connectivity index (χ4n) is 2.31. The Labute approximate surface area is 112 Å². The Morgan fingerprint density at radius 1 is 1.53 bits per heavy atom. The summed E-state index contributed by atoms with van der Waals surface area (Å²) >= 11 is 0. The molecular weight excluding hydrogens is 248 g/mol. The maximum Gasteiger partial charge on any atom is 0.353 e. The van der Waals surface area contributed by atoms with Crippen molar-refractivity contribution in [2.24, 2.45) is 0 Å². The van der Waals surface area contributed by atoms with Crippen LogP contribution in [0.5, 0.6) is 5.88 Å². The van der Waals surface area contributed by atoms with E-state index >= 15 is 0 Å². The predicted octanol–water partition coefficient (Wildman–Crippen LogP) is 1.64. The van der Waals surface area contributed by atoms with E-state index < -0.39 is 4.92 Å². The van der Waals surface area contributed by atoms with E-state index in [1.807, 2.05) is 6.92 Å². The third-order valence-electron chi connectivity index (χ3n) is 3.23. The van der Waals surface area contributed by atoms with Gasteiger partial charge in [0.05, 0.1) is 4.92 Å². The second-order valence-electron chi connectivity index (χ2n) is 4.79. The minimum atomic E-state index is -0.398. The van der Waals surface area contributed by atoms with Gasteiger partial charge in [0.1, 0.15) is 11.8 Å². The van der Waals surface area contributed by atoms with Crippen LogP contribution < -0.4 is 10.1 Å². The van der Waals surface area contributed by atoms with E-state index in [9.17, 15) is 10.1 Å². The summed E-state index contributed by atoms with van der Waals surface area (Å²) in [5, 5.41) is 18.6. The van der Waals surface area contributed by atoms with E-state index in [2.05, 4.69) is 10.4 Å². The van der Waals surface area contributed by atoms with E-state index in [4.69, 9.17) is 4.74 Å². The first-order chi connectivity index (χ1) is 9.13. The zero-order valence-corrected chi connectivity index (χ0v) is 11.4. The molecule has 0 amide bonds. The highest BCUT2D eigenvalue weighted by atomic mass is 16.6. The third-order valence-corrected chi connectivity index (χ3v) is 3.23. The highest BCUT2D eigenvalue weighted by Gasteiger charge is 2.29. The van der Waals surface area contributed by atoms with Gasteiger partial charge in [0.25, 0.3) is 5.88 Å². The van der Waals surface area contributed by atoms with Gasteiger partial charge >= 0.3 is 5.69 Å². The maximum absolute atomic E-state index is 11.2. The van der Waals surface area contributed by atoms with Crippen LogP contribution >= 0.6 is 0 Å². The van der Waals surface area contributed by atoms with Gasteiger partial charge in [0.15, 0.2) is 0 Å². The second kappa shape index (κ2) is 6.01. The van der Waals surface area contributed by atoms with E-state index in [-0.39, 0.29) is 11.8 Å². The number of hydrogen-bond acceptors (Lipinski definition) is 5. The van der Waals surface area contributed by atoms with Crippen LogP contribution in [0.25, 0.3) is 0 Å². The van der Waals surface area contributed by atoms with Crippen molar-refractivity contribution < 1.29 is 9.66 Å². The molecule has 7 nitrogen and oxygen atoms in total. The van der Waals surface area contributed by atoms with Gasteiger partial charge in [-0.1, -0.05) is 6.92 Å². The molecule has 2 rings (SSSR count). The molecule has 1 fully saturated rings. The van der Waals surface area contributed by atoms with Gasteiger partial charge in [-0.25, -0.2) is 4.68 Å². The van der Waals surface area contributed by atoms with Crippen LogP contribution in [-0.2, 0) is 6.54 Å². The number of aryl methyl sites for hydroxylation is 2. The molecule has 0 aromatic carbocycles. The van der Waals surface area contributed by atoms with Crippen molar-refractivity contribution in [2.75, 3.05) is 13.1 Å². The van der Waals surface area contributed by atoms with Gasteiger partial charge < -0.3 is 10.1 Å². The van der Waals surface area contributed by atoms with E-state index in [1.54, 1.807) is 11.6 Å². The molecule has 19 heavy (non-hydrogen) atoms. The fraction of sp³-hybridized carbons (Fsp3) is 0.750. The van der Waals surface area contributed by atoms with Gasteiger partial charge in [-0.15, -0.1) is 0 Å². The first-order valence-corrected chi connectivity index (χ1v) is 6.72. The van der Waals surface area contributed by atoms with Crippen molar-refractivity contribution in [1.29, 1.82) is 0 Å². The van der Waals surface area contributed by atoms with E-state index in [1.165, 1.54) is 0 Å². The molecule has 1 aliphatic rings. The number of aromatic nitrogens is 2.